The summed E-state index contributed by atoms with van der Waals surface area (Å²) in [5.41, 5.74) is 0.878. The predicted molar refractivity (Wildman–Crippen MR) is 88.1 cm³/mol. The molecule has 1 aliphatic rings. The van der Waals surface area contributed by atoms with Gasteiger partial charge in [0, 0.05) is 39.8 Å². The summed E-state index contributed by atoms with van der Waals surface area (Å²) in [6, 6.07) is 6.37. The molecular weight excluding hydrogens is 316 g/mol. The highest BCUT2D eigenvalue weighted by molar-refractivity contribution is 5.78. The van der Waals surface area contributed by atoms with Crippen molar-refractivity contribution in [3.63, 3.8) is 0 Å². The Morgan fingerprint density at radius 1 is 1.17 bits per heavy atom. The number of carbonyl (C=O) groups excluding carboxylic acids is 1. The molecule has 0 saturated carbocycles. The molecule has 1 heterocycles. The average molecular weight is 341 g/mol. The summed E-state index contributed by atoms with van der Waals surface area (Å²) in [5, 5.41) is 0. The molecule has 134 valence electrons. The van der Waals surface area contributed by atoms with Gasteiger partial charge in [-0.15, -0.1) is 0 Å². The summed E-state index contributed by atoms with van der Waals surface area (Å²) >= 11 is 0. The third-order valence-corrected chi connectivity index (χ3v) is 4.27. The molecule has 1 aromatic carbocycles. The van der Waals surface area contributed by atoms with E-state index in [0.717, 1.165) is 38.3 Å². The van der Waals surface area contributed by atoms with Crippen LogP contribution in [0.15, 0.2) is 24.3 Å². The number of rotatable bonds is 7. The van der Waals surface area contributed by atoms with E-state index in [-0.39, 0.29) is 11.7 Å². The van der Waals surface area contributed by atoms with Crippen molar-refractivity contribution in [1.82, 2.24) is 14.7 Å². The summed E-state index contributed by atoms with van der Waals surface area (Å²) in [6.07, 6.45) is 0. The first-order chi connectivity index (χ1) is 11.5. The highest BCUT2D eigenvalue weighted by atomic mass is 19.3. The Morgan fingerprint density at radius 2 is 1.75 bits per heavy atom. The fourth-order valence-electron chi connectivity index (χ4n) is 2.71. The zero-order chi connectivity index (χ0) is 17.5. The molecule has 1 saturated heterocycles. The van der Waals surface area contributed by atoms with Gasteiger partial charge in [0.2, 0.25) is 5.91 Å². The number of nitrogens with zero attached hydrogens (tertiary/aromatic N) is 3. The minimum Gasteiger partial charge on any atom is -0.435 e. The molecule has 0 N–H and O–H groups in total. The molecule has 0 bridgehead atoms. The van der Waals surface area contributed by atoms with Crippen LogP contribution in [0.1, 0.15) is 12.5 Å². The van der Waals surface area contributed by atoms with Gasteiger partial charge in [-0.1, -0.05) is 19.1 Å². The van der Waals surface area contributed by atoms with E-state index in [9.17, 15) is 13.6 Å². The summed E-state index contributed by atoms with van der Waals surface area (Å²) < 4.78 is 28.6. The van der Waals surface area contributed by atoms with Gasteiger partial charge in [0.25, 0.3) is 0 Å². The molecule has 5 nitrogen and oxygen atoms in total. The second-order valence-electron chi connectivity index (χ2n) is 5.98. The van der Waals surface area contributed by atoms with E-state index in [2.05, 4.69) is 21.5 Å². The van der Waals surface area contributed by atoms with Crippen LogP contribution >= 0.6 is 0 Å². The van der Waals surface area contributed by atoms with E-state index < -0.39 is 6.61 Å². The van der Waals surface area contributed by atoms with Crippen LogP contribution in [0.25, 0.3) is 0 Å². The van der Waals surface area contributed by atoms with E-state index in [1.807, 2.05) is 0 Å². The number of likely N-dealkylation sites (N-methyl/N-ethyl adjacent to an activating group) is 2. The van der Waals surface area contributed by atoms with E-state index in [1.54, 1.807) is 24.1 Å². The van der Waals surface area contributed by atoms with E-state index in [1.165, 1.54) is 12.1 Å². The van der Waals surface area contributed by atoms with Gasteiger partial charge in [-0.3, -0.25) is 9.69 Å². The molecule has 0 radical (unpaired) electrons. The molecule has 0 aromatic heterocycles. The molecule has 0 spiro atoms. The van der Waals surface area contributed by atoms with Crippen molar-refractivity contribution in [3.8, 4) is 5.75 Å². The summed E-state index contributed by atoms with van der Waals surface area (Å²) in [4.78, 5) is 18.5. The van der Waals surface area contributed by atoms with Crippen LogP contribution in [-0.4, -0.2) is 73.5 Å². The van der Waals surface area contributed by atoms with E-state index >= 15 is 0 Å². The van der Waals surface area contributed by atoms with Crippen LogP contribution in [-0.2, 0) is 11.3 Å². The van der Waals surface area contributed by atoms with Gasteiger partial charge < -0.3 is 14.5 Å². The van der Waals surface area contributed by atoms with Crippen LogP contribution in [0.5, 0.6) is 5.75 Å². The molecule has 24 heavy (non-hydrogen) atoms. The van der Waals surface area contributed by atoms with Crippen molar-refractivity contribution in [1.29, 1.82) is 0 Å². The number of halogens is 2. The van der Waals surface area contributed by atoms with Gasteiger partial charge in [-0.05, 0) is 24.2 Å². The van der Waals surface area contributed by atoms with Crippen molar-refractivity contribution in [3.05, 3.63) is 29.8 Å². The molecule has 1 aromatic rings. The van der Waals surface area contributed by atoms with Crippen molar-refractivity contribution in [2.75, 3.05) is 46.3 Å². The van der Waals surface area contributed by atoms with Crippen LogP contribution < -0.4 is 4.74 Å². The number of benzene rings is 1. The Kier molecular flexibility index (Phi) is 6.93. The van der Waals surface area contributed by atoms with Crippen molar-refractivity contribution in [2.24, 2.45) is 0 Å². The highest BCUT2D eigenvalue weighted by Crippen LogP contribution is 2.16. The van der Waals surface area contributed by atoms with Crippen molar-refractivity contribution < 1.29 is 18.3 Å². The lowest BCUT2D eigenvalue weighted by Gasteiger charge is -2.34. The normalized spacial score (nSPS) is 16.4. The van der Waals surface area contributed by atoms with E-state index in [0.29, 0.717) is 13.1 Å². The van der Waals surface area contributed by atoms with E-state index in [4.69, 9.17) is 0 Å². The highest BCUT2D eigenvalue weighted by Gasteiger charge is 2.19. The number of hydrogen-bond acceptors (Lipinski definition) is 4. The third kappa shape index (κ3) is 5.72. The van der Waals surface area contributed by atoms with Gasteiger partial charge in [-0.2, -0.15) is 8.78 Å². The summed E-state index contributed by atoms with van der Waals surface area (Å²) in [5.74, 6) is 0.185. The van der Waals surface area contributed by atoms with Gasteiger partial charge in [-0.25, -0.2) is 0 Å². The second kappa shape index (κ2) is 8.94. The monoisotopic (exact) mass is 341 g/mol. The van der Waals surface area contributed by atoms with Crippen molar-refractivity contribution >= 4 is 5.91 Å². The SMILES string of the molecule is CCN1CCN(CC(=O)N(C)Cc2ccc(OC(F)F)cc2)CC1. The van der Waals surface area contributed by atoms with Crippen LogP contribution in [0, 0.1) is 0 Å². The number of amides is 1. The molecule has 1 amide bonds. The first-order valence-corrected chi connectivity index (χ1v) is 8.20. The maximum Gasteiger partial charge on any atom is 0.387 e. The fourth-order valence-corrected chi connectivity index (χ4v) is 2.71. The number of alkyl halides is 2. The summed E-state index contributed by atoms with van der Waals surface area (Å²) in [6.45, 7) is 5.05. The Labute approximate surface area is 141 Å². The maximum absolute atomic E-state index is 12.3. The zero-order valence-corrected chi connectivity index (χ0v) is 14.3. The molecule has 1 aliphatic heterocycles. The molecular formula is C17H25F2N3O2. The zero-order valence-electron chi connectivity index (χ0n) is 14.3. The van der Waals surface area contributed by atoms with Gasteiger partial charge in [0.1, 0.15) is 5.75 Å². The standard InChI is InChI=1S/C17H25F2N3O2/c1-3-21-8-10-22(11-9-21)13-16(23)20(2)12-14-4-6-15(7-5-14)24-17(18)19/h4-7,17H,3,8-13H2,1-2H3. The number of carbonyl (C=O) groups is 1. The molecule has 1 fully saturated rings. The predicted octanol–water partition coefficient (Wildman–Crippen LogP) is 1.88. The first-order valence-electron chi connectivity index (χ1n) is 8.20. The van der Waals surface area contributed by atoms with Crippen LogP contribution in [0.2, 0.25) is 0 Å². The Bertz CT molecular complexity index is 517. The molecule has 2 rings (SSSR count). The average Bonchev–Trinajstić information content (AvgIpc) is 2.56. The van der Waals surface area contributed by atoms with Crippen molar-refractivity contribution in [2.45, 2.75) is 20.1 Å². The Balaban J connectivity index is 1.79. The molecule has 0 unspecified atom stereocenters. The van der Waals surface area contributed by atoms with Gasteiger partial charge in [0.15, 0.2) is 0 Å². The largest absolute Gasteiger partial charge is 0.435 e. The third-order valence-electron chi connectivity index (χ3n) is 4.27. The number of piperazine rings is 1. The number of ether oxygens (including phenoxy) is 1. The lowest BCUT2D eigenvalue weighted by Crippen LogP contribution is -2.49. The minimum atomic E-state index is -2.83. The van der Waals surface area contributed by atoms with Crippen LogP contribution in [0.3, 0.4) is 0 Å². The fraction of sp³-hybridized carbons (Fsp3) is 0.588. The number of hydrogen-bond donors (Lipinski definition) is 0. The molecule has 7 heteroatoms. The van der Waals surface area contributed by atoms with Crippen LogP contribution in [0.4, 0.5) is 8.78 Å². The Hall–Kier alpha value is -1.73. The maximum atomic E-state index is 12.3. The topological polar surface area (TPSA) is 36.0 Å². The van der Waals surface area contributed by atoms with Gasteiger partial charge in [0.05, 0.1) is 6.54 Å². The lowest BCUT2D eigenvalue weighted by atomic mass is 10.2. The Morgan fingerprint density at radius 3 is 2.29 bits per heavy atom. The minimum absolute atomic E-state index is 0.0628. The molecule has 0 aliphatic carbocycles. The second-order valence-corrected chi connectivity index (χ2v) is 5.98. The molecule has 0 atom stereocenters. The smallest absolute Gasteiger partial charge is 0.387 e. The van der Waals surface area contributed by atoms with Gasteiger partial charge >= 0.3 is 6.61 Å². The quantitative estimate of drug-likeness (QED) is 0.759. The lowest BCUT2D eigenvalue weighted by molar-refractivity contribution is -0.132. The first kappa shape index (κ1) is 18.6. The summed E-state index contributed by atoms with van der Waals surface area (Å²) in [7, 11) is 1.76.